The Balaban J connectivity index is 1.63. The number of aliphatic hydroxyl groups excluding tert-OH is 1. The van der Waals surface area contributed by atoms with Crippen molar-refractivity contribution < 1.29 is 9.90 Å². The van der Waals surface area contributed by atoms with Crippen LogP contribution in [-0.2, 0) is 0 Å². The highest BCUT2D eigenvalue weighted by Gasteiger charge is 2.36. The largest absolute Gasteiger partial charge is 0.393 e. The van der Waals surface area contributed by atoms with Crippen LogP contribution in [0.1, 0.15) is 40.6 Å². The number of aliphatic hydroxyl groups is 1. The summed E-state index contributed by atoms with van der Waals surface area (Å²) < 4.78 is 0. The molecule has 0 bridgehead atoms. The van der Waals surface area contributed by atoms with E-state index in [1.54, 1.807) is 6.92 Å². The van der Waals surface area contributed by atoms with Crippen molar-refractivity contribution in [1.29, 1.82) is 0 Å². The maximum absolute atomic E-state index is 12.7. The molecule has 26 heavy (non-hydrogen) atoms. The number of nitrogens with one attached hydrogen (secondary N) is 1. The van der Waals surface area contributed by atoms with Crippen LogP contribution in [0.2, 0.25) is 0 Å². The maximum Gasteiger partial charge on any atom is 0.254 e. The topological polar surface area (TPSA) is 88.0 Å². The van der Waals surface area contributed by atoms with E-state index in [9.17, 15) is 9.90 Å². The lowest BCUT2D eigenvalue weighted by Crippen LogP contribution is -2.41. The minimum Gasteiger partial charge on any atom is -0.393 e. The fourth-order valence-corrected chi connectivity index (χ4v) is 3.37. The van der Waals surface area contributed by atoms with Gasteiger partial charge in [-0.25, -0.2) is 9.97 Å². The van der Waals surface area contributed by atoms with Crippen molar-refractivity contribution in [1.82, 2.24) is 20.3 Å². The molecular formula is C20H20N4O2. The molecule has 6 heteroatoms. The number of carbonyl (C=O) groups excluding carboxylic acids is 1. The lowest BCUT2D eigenvalue weighted by Gasteiger charge is -2.38. The summed E-state index contributed by atoms with van der Waals surface area (Å²) in [5.74, 6) is 0.590. The second-order valence-corrected chi connectivity index (χ2v) is 6.82. The molecule has 0 radical (unpaired) electrons. The molecule has 6 nitrogen and oxygen atoms in total. The highest BCUT2D eigenvalue weighted by Crippen LogP contribution is 2.38. The molecule has 2 N–H and O–H groups in total. The van der Waals surface area contributed by atoms with Gasteiger partial charge in [-0.05, 0) is 43.4 Å². The fourth-order valence-electron chi connectivity index (χ4n) is 3.37. The third kappa shape index (κ3) is 3.28. The Morgan fingerprint density at radius 1 is 1.15 bits per heavy atom. The summed E-state index contributed by atoms with van der Waals surface area (Å²) in [6.07, 6.45) is 5.91. The minimum absolute atomic E-state index is 0.184. The number of nitrogens with zero attached hydrogens (tertiary/aromatic N) is 3. The molecule has 2 heterocycles. The molecule has 0 unspecified atom stereocenters. The van der Waals surface area contributed by atoms with E-state index in [0.29, 0.717) is 24.2 Å². The zero-order valence-corrected chi connectivity index (χ0v) is 14.5. The first kappa shape index (κ1) is 16.6. The Morgan fingerprint density at radius 2 is 1.88 bits per heavy atom. The maximum atomic E-state index is 12.7. The number of pyridine rings is 1. The first-order valence-electron chi connectivity index (χ1n) is 8.72. The summed E-state index contributed by atoms with van der Waals surface area (Å²) in [5.41, 5.74) is 2.29. The van der Waals surface area contributed by atoms with E-state index in [0.717, 1.165) is 16.5 Å². The molecule has 1 aliphatic rings. The SMILES string of the molecule is Cc1ncc(C(=O)N[C@H](c2cnc3ccccc3c2)C2CC(O)C2)cn1. The second-order valence-electron chi connectivity index (χ2n) is 6.82. The highest BCUT2D eigenvalue weighted by molar-refractivity contribution is 5.94. The number of carbonyl (C=O) groups is 1. The lowest BCUT2D eigenvalue weighted by molar-refractivity contribution is 0.0235. The minimum atomic E-state index is -0.296. The lowest BCUT2D eigenvalue weighted by atomic mass is 9.75. The molecule has 3 aromatic rings. The first-order chi connectivity index (χ1) is 12.6. The van der Waals surface area contributed by atoms with E-state index in [4.69, 9.17) is 0 Å². The predicted molar refractivity (Wildman–Crippen MR) is 97.5 cm³/mol. The van der Waals surface area contributed by atoms with Crippen molar-refractivity contribution >= 4 is 16.8 Å². The summed E-state index contributed by atoms with van der Waals surface area (Å²) in [4.78, 5) is 25.3. The van der Waals surface area contributed by atoms with Gasteiger partial charge >= 0.3 is 0 Å². The van der Waals surface area contributed by atoms with Gasteiger partial charge < -0.3 is 10.4 Å². The molecule has 4 rings (SSSR count). The summed E-state index contributed by atoms with van der Waals surface area (Å²) in [6.45, 7) is 1.78. The third-order valence-corrected chi connectivity index (χ3v) is 4.92. The van der Waals surface area contributed by atoms with E-state index in [2.05, 4.69) is 26.3 Å². The summed E-state index contributed by atoms with van der Waals surface area (Å²) in [5, 5.41) is 13.8. The molecule has 1 aliphatic carbocycles. The van der Waals surface area contributed by atoms with Crippen LogP contribution in [0.5, 0.6) is 0 Å². The van der Waals surface area contributed by atoms with Gasteiger partial charge in [0, 0.05) is 24.0 Å². The Kier molecular flexibility index (Phi) is 4.34. The standard InChI is InChI=1S/C20H20N4O2/c1-12-21-10-16(11-22-12)20(26)24-19(14-7-17(25)8-14)15-6-13-4-2-3-5-18(13)23-9-15/h2-6,9-11,14,17,19,25H,7-8H2,1H3,(H,24,26)/t14?,17?,19-/m0/s1. The first-order valence-corrected chi connectivity index (χ1v) is 8.72. The Labute approximate surface area is 151 Å². The zero-order valence-electron chi connectivity index (χ0n) is 14.5. The quantitative estimate of drug-likeness (QED) is 0.756. The van der Waals surface area contributed by atoms with Crippen LogP contribution in [0.25, 0.3) is 10.9 Å². The van der Waals surface area contributed by atoms with Crippen molar-refractivity contribution in [3.63, 3.8) is 0 Å². The summed E-state index contributed by atoms with van der Waals surface area (Å²) >= 11 is 0. The van der Waals surface area contributed by atoms with Gasteiger partial charge in [-0.15, -0.1) is 0 Å². The van der Waals surface area contributed by atoms with Gasteiger partial charge in [0.15, 0.2) is 0 Å². The second kappa shape index (κ2) is 6.80. The van der Waals surface area contributed by atoms with Crippen LogP contribution in [0.15, 0.2) is 48.9 Å². The Bertz CT molecular complexity index is 936. The van der Waals surface area contributed by atoms with Gasteiger partial charge in [0.2, 0.25) is 0 Å². The monoisotopic (exact) mass is 348 g/mol. The van der Waals surface area contributed by atoms with Gasteiger partial charge in [0.1, 0.15) is 5.82 Å². The highest BCUT2D eigenvalue weighted by atomic mass is 16.3. The molecule has 1 saturated carbocycles. The van der Waals surface area contributed by atoms with Gasteiger partial charge in [-0.2, -0.15) is 0 Å². The molecular weight excluding hydrogens is 328 g/mol. The molecule has 1 amide bonds. The number of para-hydroxylation sites is 1. The van der Waals surface area contributed by atoms with E-state index >= 15 is 0 Å². The van der Waals surface area contributed by atoms with E-state index in [-0.39, 0.29) is 24.0 Å². The van der Waals surface area contributed by atoms with Crippen LogP contribution >= 0.6 is 0 Å². The van der Waals surface area contributed by atoms with Gasteiger partial charge in [0.25, 0.3) is 5.91 Å². The molecule has 132 valence electrons. The molecule has 1 aromatic carbocycles. The molecule has 0 spiro atoms. The number of benzene rings is 1. The van der Waals surface area contributed by atoms with Crippen molar-refractivity contribution in [3.8, 4) is 0 Å². The summed E-state index contributed by atoms with van der Waals surface area (Å²) in [6, 6.07) is 9.75. The van der Waals surface area contributed by atoms with Crippen molar-refractivity contribution in [2.24, 2.45) is 5.92 Å². The van der Waals surface area contributed by atoms with Crippen LogP contribution < -0.4 is 5.32 Å². The molecule has 1 fully saturated rings. The summed E-state index contributed by atoms with van der Waals surface area (Å²) in [7, 11) is 0. The van der Waals surface area contributed by atoms with Crippen molar-refractivity contribution in [2.75, 3.05) is 0 Å². The molecule has 2 aromatic heterocycles. The average Bonchev–Trinajstić information content (AvgIpc) is 2.64. The third-order valence-electron chi connectivity index (χ3n) is 4.92. The fraction of sp³-hybridized carbons (Fsp3) is 0.300. The van der Waals surface area contributed by atoms with Gasteiger partial charge in [-0.3, -0.25) is 9.78 Å². The van der Waals surface area contributed by atoms with Gasteiger partial charge in [0.05, 0.1) is 23.2 Å². The average molecular weight is 348 g/mol. The zero-order chi connectivity index (χ0) is 18.1. The number of rotatable bonds is 4. The number of aryl methyl sites for hydroxylation is 1. The molecule has 0 aliphatic heterocycles. The molecule has 0 saturated heterocycles. The van der Waals surface area contributed by atoms with Crippen LogP contribution in [0, 0.1) is 12.8 Å². The van der Waals surface area contributed by atoms with Crippen LogP contribution in [0.4, 0.5) is 0 Å². The number of aromatic nitrogens is 3. The Morgan fingerprint density at radius 3 is 2.62 bits per heavy atom. The van der Waals surface area contributed by atoms with Gasteiger partial charge in [-0.1, -0.05) is 18.2 Å². The number of hydrogen-bond donors (Lipinski definition) is 2. The number of hydrogen-bond acceptors (Lipinski definition) is 5. The van der Waals surface area contributed by atoms with E-state index in [1.807, 2.05) is 30.5 Å². The Hall–Kier alpha value is -2.86. The number of amides is 1. The van der Waals surface area contributed by atoms with E-state index in [1.165, 1.54) is 12.4 Å². The van der Waals surface area contributed by atoms with Crippen molar-refractivity contribution in [3.05, 3.63) is 65.9 Å². The van der Waals surface area contributed by atoms with Crippen LogP contribution in [0.3, 0.4) is 0 Å². The molecule has 1 atom stereocenters. The smallest absolute Gasteiger partial charge is 0.254 e. The van der Waals surface area contributed by atoms with E-state index < -0.39 is 0 Å². The predicted octanol–water partition coefficient (Wildman–Crippen LogP) is 2.58. The number of fused-ring (bicyclic) bond motifs is 1. The normalized spacial score (nSPS) is 20.4. The van der Waals surface area contributed by atoms with Crippen LogP contribution in [-0.4, -0.2) is 32.1 Å². The van der Waals surface area contributed by atoms with Crippen molar-refractivity contribution in [2.45, 2.75) is 31.9 Å².